The van der Waals surface area contributed by atoms with Crippen LogP contribution in [0.2, 0.25) is 0 Å². The van der Waals surface area contributed by atoms with Gasteiger partial charge in [-0.3, -0.25) is 14.5 Å². The lowest BCUT2D eigenvalue weighted by molar-refractivity contribution is 0.0617. The molecule has 0 aliphatic carbocycles. The average molecular weight is 366 g/mol. The number of fused-ring (bicyclic) bond motifs is 1. The SMILES string of the molecule is O=C(CN1CCN(C(=O)c2cc3ccccc3oc2=O)CC1)c1ccco1. The maximum absolute atomic E-state index is 12.7. The summed E-state index contributed by atoms with van der Waals surface area (Å²) in [5, 5.41) is 0.711. The molecule has 1 amide bonds. The highest BCUT2D eigenvalue weighted by molar-refractivity contribution is 5.97. The van der Waals surface area contributed by atoms with Gasteiger partial charge in [-0.15, -0.1) is 0 Å². The first-order chi connectivity index (χ1) is 13.1. The maximum atomic E-state index is 12.7. The van der Waals surface area contributed by atoms with Crippen molar-refractivity contribution in [1.82, 2.24) is 9.80 Å². The number of furan rings is 1. The van der Waals surface area contributed by atoms with E-state index < -0.39 is 5.63 Å². The smallest absolute Gasteiger partial charge is 0.349 e. The van der Waals surface area contributed by atoms with Crippen LogP contribution < -0.4 is 5.63 Å². The molecule has 0 N–H and O–H groups in total. The van der Waals surface area contributed by atoms with Crippen molar-refractivity contribution in [2.24, 2.45) is 0 Å². The first-order valence-corrected chi connectivity index (χ1v) is 8.73. The van der Waals surface area contributed by atoms with E-state index in [1.54, 1.807) is 41.3 Å². The van der Waals surface area contributed by atoms with Gasteiger partial charge in [0, 0.05) is 31.6 Å². The summed E-state index contributed by atoms with van der Waals surface area (Å²) in [7, 11) is 0. The Hall–Kier alpha value is -3.19. The predicted molar refractivity (Wildman–Crippen MR) is 97.9 cm³/mol. The number of benzene rings is 1. The van der Waals surface area contributed by atoms with Crippen LogP contribution in [0.25, 0.3) is 11.0 Å². The van der Waals surface area contributed by atoms with Gasteiger partial charge < -0.3 is 13.7 Å². The van der Waals surface area contributed by atoms with Crippen LogP contribution in [-0.4, -0.2) is 54.2 Å². The zero-order valence-electron chi connectivity index (χ0n) is 14.6. The number of piperazine rings is 1. The first-order valence-electron chi connectivity index (χ1n) is 8.73. The largest absolute Gasteiger partial charge is 0.461 e. The van der Waals surface area contributed by atoms with Crippen molar-refractivity contribution in [3.63, 3.8) is 0 Å². The third-order valence-corrected chi connectivity index (χ3v) is 4.69. The van der Waals surface area contributed by atoms with Crippen LogP contribution in [0, 0.1) is 0 Å². The highest BCUT2D eigenvalue weighted by atomic mass is 16.4. The fourth-order valence-corrected chi connectivity index (χ4v) is 3.21. The molecular weight excluding hydrogens is 348 g/mol. The van der Waals surface area contributed by atoms with Gasteiger partial charge in [-0.05, 0) is 24.3 Å². The monoisotopic (exact) mass is 366 g/mol. The number of amides is 1. The molecule has 1 aliphatic rings. The summed E-state index contributed by atoms with van der Waals surface area (Å²) >= 11 is 0. The van der Waals surface area contributed by atoms with Gasteiger partial charge in [0.15, 0.2) is 5.76 Å². The molecule has 4 rings (SSSR count). The Morgan fingerprint density at radius 1 is 1.00 bits per heavy atom. The summed E-state index contributed by atoms with van der Waals surface area (Å²) in [5.74, 6) is -0.0938. The third-order valence-electron chi connectivity index (χ3n) is 4.69. The Kier molecular flexibility index (Phi) is 4.60. The molecule has 1 saturated heterocycles. The van der Waals surface area contributed by atoms with E-state index in [2.05, 4.69) is 0 Å². The molecule has 3 heterocycles. The minimum Gasteiger partial charge on any atom is -0.461 e. The molecule has 1 fully saturated rings. The molecule has 1 aliphatic heterocycles. The lowest BCUT2D eigenvalue weighted by atomic mass is 10.1. The molecule has 138 valence electrons. The fraction of sp³-hybridized carbons (Fsp3) is 0.250. The van der Waals surface area contributed by atoms with E-state index >= 15 is 0 Å². The van der Waals surface area contributed by atoms with E-state index in [9.17, 15) is 14.4 Å². The standard InChI is InChI=1S/C20H18N2O5/c23-16(18-6-3-11-26-18)13-21-7-9-22(10-8-21)19(24)15-12-14-4-1-2-5-17(14)27-20(15)25/h1-6,11-12H,7-10,13H2. The third kappa shape index (κ3) is 3.54. The van der Waals surface area contributed by atoms with Crippen molar-refractivity contribution in [3.8, 4) is 0 Å². The fourth-order valence-electron chi connectivity index (χ4n) is 3.21. The molecule has 27 heavy (non-hydrogen) atoms. The zero-order chi connectivity index (χ0) is 18.8. The van der Waals surface area contributed by atoms with E-state index in [1.807, 2.05) is 11.0 Å². The van der Waals surface area contributed by atoms with E-state index in [-0.39, 0.29) is 23.8 Å². The highest BCUT2D eigenvalue weighted by Crippen LogP contribution is 2.15. The molecule has 0 saturated carbocycles. The van der Waals surface area contributed by atoms with E-state index in [0.29, 0.717) is 42.9 Å². The molecule has 3 aromatic rings. The number of Topliss-reactive ketones (excluding diaryl/α,β-unsaturated/α-hetero) is 1. The predicted octanol–water partition coefficient (Wildman–Crippen LogP) is 2.03. The van der Waals surface area contributed by atoms with Crippen LogP contribution in [-0.2, 0) is 0 Å². The normalized spacial score (nSPS) is 15.2. The average Bonchev–Trinajstić information content (AvgIpc) is 3.22. The van der Waals surface area contributed by atoms with Gasteiger partial charge in [-0.2, -0.15) is 0 Å². The van der Waals surface area contributed by atoms with Gasteiger partial charge in [-0.1, -0.05) is 18.2 Å². The number of para-hydroxylation sites is 1. The van der Waals surface area contributed by atoms with E-state index in [4.69, 9.17) is 8.83 Å². The summed E-state index contributed by atoms with van der Waals surface area (Å²) in [6.07, 6.45) is 1.47. The van der Waals surface area contributed by atoms with Crippen molar-refractivity contribution in [3.05, 3.63) is 70.5 Å². The molecule has 0 spiro atoms. The number of ketones is 1. The molecule has 0 atom stereocenters. The van der Waals surface area contributed by atoms with E-state index in [1.165, 1.54) is 6.26 Å². The first kappa shape index (κ1) is 17.2. The van der Waals surface area contributed by atoms with Gasteiger partial charge >= 0.3 is 5.63 Å². The van der Waals surface area contributed by atoms with Gasteiger partial charge in [0.2, 0.25) is 5.78 Å². The summed E-state index contributed by atoms with van der Waals surface area (Å²) in [6.45, 7) is 2.23. The van der Waals surface area contributed by atoms with Crippen LogP contribution in [0.15, 0.2) is 62.4 Å². The summed E-state index contributed by atoms with van der Waals surface area (Å²) in [6, 6.07) is 12.0. The Morgan fingerprint density at radius 2 is 1.78 bits per heavy atom. The minimum atomic E-state index is -0.630. The second-order valence-electron chi connectivity index (χ2n) is 6.45. The van der Waals surface area contributed by atoms with Crippen LogP contribution in [0.5, 0.6) is 0 Å². The summed E-state index contributed by atoms with van der Waals surface area (Å²) in [5.41, 5.74) is -0.136. The van der Waals surface area contributed by atoms with Crippen LogP contribution in [0.4, 0.5) is 0 Å². The second-order valence-corrected chi connectivity index (χ2v) is 6.45. The van der Waals surface area contributed by atoms with Crippen molar-refractivity contribution in [1.29, 1.82) is 0 Å². The quantitative estimate of drug-likeness (QED) is 0.519. The lowest BCUT2D eigenvalue weighted by Gasteiger charge is -2.34. The number of hydrogen-bond donors (Lipinski definition) is 0. The van der Waals surface area contributed by atoms with Crippen molar-refractivity contribution >= 4 is 22.7 Å². The molecule has 1 aromatic carbocycles. The van der Waals surface area contributed by atoms with Gasteiger partial charge in [0.25, 0.3) is 5.91 Å². The molecular formula is C20H18N2O5. The Balaban J connectivity index is 1.42. The van der Waals surface area contributed by atoms with Crippen molar-refractivity contribution in [2.75, 3.05) is 32.7 Å². The Labute approximate surface area is 154 Å². The van der Waals surface area contributed by atoms with Crippen LogP contribution in [0.3, 0.4) is 0 Å². The summed E-state index contributed by atoms with van der Waals surface area (Å²) < 4.78 is 10.4. The molecule has 7 nitrogen and oxygen atoms in total. The molecule has 0 bridgehead atoms. The zero-order valence-corrected chi connectivity index (χ0v) is 14.6. The van der Waals surface area contributed by atoms with Gasteiger partial charge in [-0.25, -0.2) is 4.79 Å². The number of hydrogen-bond acceptors (Lipinski definition) is 6. The molecule has 2 aromatic heterocycles. The van der Waals surface area contributed by atoms with Gasteiger partial charge in [0.05, 0.1) is 12.8 Å². The Bertz CT molecular complexity index is 1030. The number of carbonyl (C=O) groups is 2. The van der Waals surface area contributed by atoms with Crippen LogP contribution >= 0.6 is 0 Å². The topological polar surface area (TPSA) is 84.0 Å². The number of carbonyl (C=O) groups excluding carboxylic acids is 2. The lowest BCUT2D eigenvalue weighted by Crippen LogP contribution is -2.50. The summed E-state index contributed by atoms with van der Waals surface area (Å²) in [4.78, 5) is 40.6. The van der Waals surface area contributed by atoms with Crippen molar-refractivity contribution < 1.29 is 18.4 Å². The molecule has 0 unspecified atom stereocenters. The second kappa shape index (κ2) is 7.20. The molecule has 7 heteroatoms. The van der Waals surface area contributed by atoms with Crippen LogP contribution in [0.1, 0.15) is 20.9 Å². The van der Waals surface area contributed by atoms with E-state index in [0.717, 1.165) is 0 Å². The van der Waals surface area contributed by atoms with Gasteiger partial charge in [0.1, 0.15) is 11.1 Å². The highest BCUT2D eigenvalue weighted by Gasteiger charge is 2.26. The minimum absolute atomic E-state index is 0.0359. The van der Waals surface area contributed by atoms with Crippen molar-refractivity contribution in [2.45, 2.75) is 0 Å². The maximum Gasteiger partial charge on any atom is 0.349 e. The molecule has 0 radical (unpaired) electrons. The number of rotatable bonds is 4. The Morgan fingerprint density at radius 3 is 2.52 bits per heavy atom. The number of nitrogens with zero attached hydrogens (tertiary/aromatic N) is 2.